The highest BCUT2D eigenvalue weighted by molar-refractivity contribution is 5.97. The SMILES string of the molecule is CN(C)CCNc1cc(F)cc(-c2cccc3[nH]c(-c4n[nH]c5ccc(-c6cncc(NC(=O)C7CCCC7)c6)nc45)nc23)c1. The van der Waals surface area contributed by atoms with Crippen molar-refractivity contribution in [2.45, 2.75) is 25.7 Å². The van der Waals surface area contributed by atoms with E-state index >= 15 is 0 Å². The third kappa shape index (κ3) is 5.99. The number of hydrogen-bond acceptors (Lipinski definition) is 7. The Labute approximate surface area is 259 Å². The number of anilines is 2. The largest absolute Gasteiger partial charge is 0.384 e. The number of carbonyl (C=O) groups excluding carboxylic acids is 1. The molecule has 1 fully saturated rings. The average molecular weight is 604 g/mol. The summed E-state index contributed by atoms with van der Waals surface area (Å²) in [6.07, 6.45) is 7.45. The summed E-state index contributed by atoms with van der Waals surface area (Å²) in [6, 6.07) is 16.5. The van der Waals surface area contributed by atoms with Gasteiger partial charge in [-0.2, -0.15) is 5.10 Å². The van der Waals surface area contributed by atoms with Crippen LogP contribution in [0.15, 0.2) is 67.0 Å². The molecule has 1 saturated carbocycles. The molecule has 0 saturated heterocycles. The lowest BCUT2D eigenvalue weighted by Crippen LogP contribution is -2.20. The van der Waals surface area contributed by atoms with E-state index in [1.54, 1.807) is 12.4 Å². The number of benzene rings is 2. The monoisotopic (exact) mass is 603 g/mol. The highest BCUT2D eigenvalue weighted by atomic mass is 19.1. The zero-order valence-corrected chi connectivity index (χ0v) is 25.2. The Kier molecular flexibility index (Phi) is 7.68. The van der Waals surface area contributed by atoms with Gasteiger partial charge in [-0.1, -0.05) is 25.0 Å². The number of pyridine rings is 2. The lowest BCUT2D eigenvalue weighted by Gasteiger charge is -2.13. The molecule has 4 N–H and O–H groups in total. The second-order valence-corrected chi connectivity index (χ2v) is 11.8. The number of aromatic nitrogens is 6. The van der Waals surface area contributed by atoms with Crippen LogP contribution in [0, 0.1) is 11.7 Å². The van der Waals surface area contributed by atoms with Crippen LogP contribution in [-0.2, 0) is 4.79 Å². The molecule has 2 aromatic carbocycles. The van der Waals surface area contributed by atoms with Crippen LogP contribution >= 0.6 is 0 Å². The molecule has 10 nitrogen and oxygen atoms in total. The summed E-state index contributed by atoms with van der Waals surface area (Å²) in [5, 5.41) is 13.9. The second kappa shape index (κ2) is 12.1. The number of amides is 1. The van der Waals surface area contributed by atoms with Gasteiger partial charge >= 0.3 is 0 Å². The fourth-order valence-corrected chi connectivity index (χ4v) is 5.95. The quantitative estimate of drug-likeness (QED) is 0.149. The van der Waals surface area contributed by atoms with Gasteiger partial charge in [0.2, 0.25) is 5.91 Å². The molecule has 1 aliphatic rings. The van der Waals surface area contributed by atoms with Crippen molar-refractivity contribution in [3.8, 4) is 33.9 Å². The smallest absolute Gasteiger partial charge is 0.227 e. The number of nitrogens with one attached hydrogen (secondary N) is 4. The van der Waals surface area contributed by atoms with Crippen LogP contribution in [0.3, 0.4) is 0 Å². The molecule has 1 aliphatic carbocycles. The van der Waals surface area contributed by atoms with Crippen LogP contribution in [-0.4, -0.2) is 68.1 Å². The number of hydrogen-bond donors (Lipinski definition) is 4. The summed E-state index contributed by atoms with van der Waals surface area (Å²) < 4.78 is 14.7. The van der Waals surface area contributed by atoms with Crippen molar-refractivity contribution < 1.29 is 9.18 Å². The molecular weight excluding hydrogens is 569 g/mol. The van der Waals surface area contributed by atoms with E-state index in [1.165, 1.54) is 12.1 Å². The van der Waals surface area contributed by atoms with Crippen molar-refractivity contribution in [2.24, 2.45) is 5.92 Å². The van der Waals surface area contributed by atoms with Crippen molar-refractivity contribution in [3.05, 3.63) is 72.8 Å². The van der Waals surface area contributed by atoms with Crippen LogP contribution in [0.2, 0.25) is 0 Å². The van der Waals surface area contributed by atoms with E-state index in [-0.39, 0.29) is 17.6 Å². The van der Waals surface area contributed by atoms with Gasteiger partial charge in [0.05, 0.1) is 34.1 Å². The number of imidazole rings is 1. The van der Waals surface area contributed by atoms with Crippen LogP contribution in [0.1, 0.15) is 25.7 Å². The van der Waals surface area contributed by atoms with Gasteiger partial charge in [-0.05, 0) is 75.0 Å². The minimum atomic E-state index is -0.320. The van der Waals surface area contributed by atoms with E-state index in [0.717, 1.165) is 60.0 Å². The first-order valence-electron chi connectivity index (χ1n) is 15.2. The predicted molar refractivity (Wildman–Crippen MR) is 175 cm³/mol. The molecule has 0 atom stereocenters. The highest BCUT2D eigenvalue weighted by Crippen LogP contribution is 2.34. The summed E-state index contributed by atoms with van der Waals surface area (Å²) in [7, 11) is 4.00. The van der Waals surface area contributed by atoms with Crippen LogP contribution in [0.5, 0.6) is 0 Å². The van der Waals surface area contributed by atoms with Gasteiger partial charge < -0.3 is 20.5 Å². The minimum Gasteiger partial charge on any atom is -0.384 e. The van der Waals surface area contributed by atoms with Crippen molar-refractivity contribution in [1.29, 1.82) is 0 Å². The third-order valence-electron chi connectivity index (χ3n) is 8.27. The number of fused-ring (bicyclic) bond motifs is 2. The molecule has 11 heteroatoms. The van der Waals surface area contributed by atoms with Gasteiger partial charge in [-0.15, -0.1) is 0 Å². The van der Waals surface area contributed by atoms with Gasteiger partial charge in [-0.25, -0.2) is 14.4 Å². The Morgan fingerprint density at radius 1 is 0.956 bits per heavy atom. The maximum Gasteiger partial charge on any atom is 0.227 e. The summed E-state index contributed by atoms with van der Waals surface area (Å²) in [4.78, 5) is 32.4. The summed E-state index contributed by atoms with van der Waals surface area (Å²) in [6.45, 7) is 1.53. The Hall–Kier alpha value is -5.16. The number of carbonyl (C=O) groups is 1. The topological polar surface area (TPSA) is 128 Å². The van der Waals surface area contributed by atoms with Crippen LogP contribution in [0.25, 0.3) is 56.0 Å². The van der Waals surface area contributed by atoms with Crippen molar-refractivity contribution >= 4 is 39.3 Å². The van der Waals surface area contributed by atoms with E-state index in [2.05, 4.69) is 35.7 Å². The number of aromatic amines is 2. The molecule has 0 bridgehead atoms. The molecule has 45 heavy (non-hydrogen) atoms. The fourth-order valence-electron chi connectivity index (χ4n) is 5.95. The molecule has 7 rings (SSSR count). The van der Waals surface area contributed by atoms with E-state index in [1.807, 2.05) is 56.6 Å². The third-order valence-corrected chi connectivity index (χ3v) is 8.27. The molecule has 228 valence electrons. The standard InChI is InChI=1S/C34H34FN9O/c1-44(2)13-12-37-24-15-21(14-23(35)17-24)26-8-5-9-28-30(26)41-33(40-28)32-31-29(42-43-32)11-10-27(39-31)22-16-25(19-36-18-22)38-34(45)20-6-3-4-7-20/h5,8-11,14-20,37H,3-4,6-7,12-13H2,1-2H3,(H,38,45)(H,40,41)(H,42,43). The molecule has 1 amide bonds. The lowest BCUT2D eigenvalue weighted by molar-refractivity contribution is -0.119. The number of likely N-dealkylation sites (N-methyl/N-ethyl adjacent to an activating group) is 1. The molecule has 0 aliphatic heterocycles. The van der Waals surface area contributed by atoms with Crippen LogP contribution in [0.4, 0.5) is 15.8 Å². The molecule has 0 spiro atoms. The Balaban J connectivity index is 1.20. The van der Waals surface area contributed by atoms with Crippen molar-refractivity contribution in [2.75, 3.05) is 37.8 Å². The summed E-state index contributed by atoms with van der Waals surface area (Å²) >= 11 is 0. The summed E-state index contributed by atoms with van der Waals surface area (Å²) in [5.74, 6) is 0.337. The number of halogens is 1. The number of para-hydroxylation sites is 1. The van der Waals surface area contributed by atoms with E-state index in [9.17, 15) is 9.18 Å². The Morgan fingerprint density at radius 3 is 2.64 bits per heavy atom. The first-order valence-corrected chi connectivity index (χ1v) is 15.2. The average Bonchev–Trinajstić information content (AvgIpc) is 3.80. The second-order valence-electron chi connectivity index (χ2n) is 11.8. The van der Waals surface area contributed by atoms with E-state index in [0.29, 0.717) is 46.2 Å². The predicted octanol–water partition coefficient (Wildman–Crippen LogP) is 6.47. The Bertz CT molecular complexity index is 2010. The number of nitrogens with zero attached hydrogens (tertiary/aromatic N) is 5. The van der Waals surface area contributed by atoms with E-state index in [4.69, 9.17) is 9.97 Å². The molecule has 0 radical (unpaired) electrons. The number of rotatable bonds is 9. The van der Waals surface area contributed by atoms with Gasteiger partial charge in [0.15, 0.2) is 11.5 Å². The molecule has 6 aromatic rings. The normalized spacial score (nSPS) is 13.7. The van der Waals surface area contributed by atoms with Gasteiger partial charge in [0.1, 0.15) is 11.3 Å². The summed E-state index contributed by atoms with van der Waals surface area (Å²) in [5.41, 5.74) is 7.85. The molecule has 4 aromatic heterocycles. The van der Waals surface area contributed by atoms with Crippen molar-refractivity contribution in [3.63, 3.8) is 0 Å². The maximum absolute atomic E-state index is 14.7. The van der Waals surface area contributed by atoms with Crippen molar-refractivity contribution in [1.82, 2.24) is 35.0 Å². The fraction of sp³-hybridized carbons (Fsp3) is 0.265. The van der Waals surface area contributed by atoms with Gasteiger partial charge in [-0.3, -0.25) is 14.9 Å². The highest BCUT2D eigenvalue weighted by Gasteiger charge is 2.23. The zero-order valence-electron chi connectivity index (χ0n) is 25.2. The molecule has 4 heterocycles. The Morgan fingerprint density at radius 2 is 1.80 bits per heavy atom. The first kappa shape index (κ1) is 28.6. The lowest BCUT2D eigenvalue weighted by atomic mass is 10.0. The molecular formula is C34H34FN9O. The van der Waals surface area contributed by atoms with Gasteiger partial charge in [0, 0.05) is 42.0 Å². The van der Waals surface area contributed by atoms with Crippen LogP contribution < -0.4 is 10.6 Å². The van der Waals surface area contributed by atoms with E-state index < -0.39 is 0 Å². The zero-order chi connectivity index (χ0) is 30.9. The minimum absolute atomic E-state index is 0.0475. The van der Waals surface area contributed by atoms with Gasteiger partial charge in [0.25, 0.3) is 0 Å². The molecule has 0 unspecified atom stereocenters. The first-order chi connectivity index (χ1) is 21.9. The maximum atomic E-state index is 14.7. The number of H-pyrrole nitrogens is 2.